The van der Waals surface area contributed by atoms with Gasteiger partial charge < -0.3 is 9.64 Å². The minimum absolute atomic E-state index is 0.0832. The molecule has 7 heteroatoms. The van der Waals surface area contributed by atoms with Gasteiger partial charge in [-0.25, -0.2) is 4.98 Å². The van der Waals surface area contributed by atoms with Gasteiger partial charge in [0.2, 0.25) is 0 Å². The summed E-state index contributed by atoms with van der Waals surface area (Å²) < 4.78 is 7.16. The van der Waals surface area contributed by atoms with E-state index in [0.717, 1.165) is 11.3 Å². The van der Waals surface area contributed by atoms with Crippen molar-refractivity contribution in [1.29, 1.82) is 0 Å². The number of carbonyl (C=O) groups excluding carboxylic acids is 1. The Bertz CT molecular complexity index is 1090. The van der Waals surface area contributed by atoms with Gasteiger partial charge in [0.05, 0.1) is 17.8 Å². The van der Waals surface area contributed by atoms with Gasteiger partial charge in [-0.1, -0.05) is 17.7 Å². The molecule has 0 saturated carbocycles. The number of aryl methyl sites for hydroxylation is 1. The predicted molar refractivity (Wildman–Crippen MR) is 102 cm³/mol. The molecule has 2 aromatic heterocycles. The maximum absolute atomic E-state index is 12.7. The van der Waals surface area contributed by atoms with Crippen LogP contribution in [0.1, 0.15) is 16.8 Å². The minimum atomic E-state index is -0.160. The maximum Gasteiger partial charge on any atom is 0.263 e. The third-order valence-corrected chi connectivity index (χ3v) is 4.96. The van der Waals surface area contributed by atoms with Crippen LogP contribution in [0.3, 0.4) is 0 Å². The number of aromatic nitrogens is 2. The van der Waals surface area contributed by atoms with E-state index in [1.165, 1.54) is 4.40 Å². The number of rotatable bonds is 3. The second-order valence-corrected chi connectivity index (χ2v) is 6.97. The number of hydrogen-bond acceptors (Lipinski definition) is 4. The highest BCUT2D eigenvalue weighted by Crippen LogP contribution is 2.22. The summed E-state index contributed by atoms with van der Waals surface area (Å²) in [7, 11) is 0. The van der Waals surface area contributed by atoms with Crippen molar-refractivity contribution in [1.82, 2.24) is 14.3 Å². The third kappa shape index (κ3) is 3.40. The van der Waals surface area contributed by atoms with Crippen molar-refractivity contribution in [3.8, 4) is 5.75 Å². The number of fused-ring (bicyclic) bond motifs is 2. The Kier molecular flexibility index (Phi) is 4.58. The molecule has 1 aromatic carbocycles. The quantitative estimate of drug-likeness (QED) is 0.697. The molecule has 0 aliphatic carbocycles. The average molecular weight is 384 g/mol. The highest BCUT2D eigenvalue weighted by atomic mass is 35.5. The predicted octanol–water partition coefficient (Wildman–Crippen LogP) is 2.62. The Morgan fingerprint density at radius 2 is 2.15 bits per heavy atom. The van der Waals surface area contributed by atoms with Crippen molar-refractivity contribution in [2.24, 2.45) is 0 Å². The van der Waals surface area contributed by atoms with E-state index in [1.54, 1.807) is 35.4 Å². The lowest BCUT2D eigenvalue weighted by molar-refractivity contribution is -0.134. The highest BCUT2D eigenvalue weighted by Gasteiger charge is 2.25. The van der Waals surface area contributed by atoms with Crippen molar-refractivity contribution in [2.75, 3.05) is 13.2 Å². The molecule has 0 unspecified atom stereocenters. The molecule has 0 saturated heterocycles. The molecule has 1 aliphatic heterocycles. The number of hydrogen-bond donors (Lipinski definition) is 0. The first kappa shape index (κ1) is 17.5. The van der Waals surface area contributed by atoms with Crippen LogP contribution in [0.25, 0.3) is 5.65 Å². The van der Waals surface area contributed by atoms with Crippen LogP contribution in [0.15, 0.2) is 47.4 Å². The molecule has 0 spiro atoms. The van der Waals surface area contributed by atoms with E-state index in [4.69, 9.17) is 16.3 Å². The van der Waals surface area contributed by atoms with E-state index >= 15 is 0 Å². The van der Waals surface area contributed by atoms with Crippen LogP contribution in [0.2, 0.25) is 5.02 Å². The third-order valence-electron chi connectivity index (χ3n) is 4.72. The number of nitrogens with zero attached hydrogens (tertiary/aromatic N) is 3. The van der Waals surface area contributed by atoms with Crippen LogP contribution in [-0.2, 0) is 17.8 Å². The van der Waals surface area contributed by atoms with Crippen LogP contribution in [0, 0.1) is 6.92 Å². The van der Waals surface area contributed by atoms with Gasteiger partial charge in [-0.15, -0.1) is 0 Å². The number of carbonyl (C=O) groups is 1. The summed E-state index contributed by atoms with van der Waals surface area (Å²) in [6.07, 6.45) is 2.25. The van der Waals surface area contributed by atoms with E-state index in [0.29, 0.717) is 34.9 Å². The van der Waals surface area contributed by atoms with Crippen molar-refractivity contribution < 1.29 is 9.53 Å². The number of ether oxygens (including phenoxy) is 1. The fraction of sp³-hybridized carbons (Fsp3) is 0.250. The van der Waals surface area contributed by atoms with Gasteiger partial charge in [-0.05, 0) is 42.8 Å². The summed E-state index contributed by atoms with van der Waals surface area (Å²) in [5.41, 5.74) is 2.71. The van der Waals surface area contributed by atoms with E-state index in [1.807, 2.05) is 19.1 Å². The lowest BCUT2D eigenvalue weighted by Gasteiger charge is -2.28. The standard InChI is InChI=1S/C20H18ClN3O3/c1-13-10-14(21)5-6-17(13)27-12-19(25)23-9-7-16-15(11-23)20(26)24-8-3-2-4-18(24)22-16/h2-6,8,10H,7,9,11-12H2,1H3. The lowest BCUT2D eigenvalue weighted by atomic mass is 10.1. The molecule has 0 fully saturated rings. The smallest absolute Gasteiger partial charge is 0.263 e. The Balaban J connectivity index is 1.51. The van der Waals surface area contributed by atoms with Crippen molar-refractivity contribution >= 4 is 23.2 Å². The molecule has 1 aliphatic rings. The molecule has 6 nitrogen and oxygen atoms in total. The fourth-order valence-electron chi connectivity index (χ4n) is 3.27. The van der Waals surface area contributed by atoms with Gasteiger partial charge in [0.25, 0.3) is 11.5 Å². The van der Waals surface area contributed by atoms with E-state index in [-0.39, 0.29) is 24.6 Å². The topological polar surface area (TPSA) is 63.9 Å². The van der Waals surface area contributed by atoms with Gasteiger partial charge in [0.15, 0.2) is 6.61 Å². The van der Waals surface area contributed by atoms with Gasteiger partial charge in [-0.2, -0.15) is 0 Å². The molecular formula is C20H18ClN3O3. The zero-order valence-electron chi connectivity index (χ0n) is 14.8. The summed E-state index contributed by atoms with van der Waals surface area (Å²) in [5, 5.41) is 0.624. The monoisotopic (exact) mass is 383 g/mol. The van der Waals surface area contributed by atoms with Gasteiger partial charge in [0.1, 0.15) is 11.4 Å². The maximum atomic E-state index is 12.7. The van der Waals surface area contributed by atoms with Gasteiger partial charge in [-0.3, -0.25) is 14.0 Å². The summed E-state index contributed by atoms with van der Waals surface area (Å²) >= 11 is 5.94. The van der Waals surface area contributed by atoms with Crippen molar-refractivity contribution in [2.45, 2.75) is 19.9 Å². The van der Waals surface area contributed by atoms with Crippen molar-refractivity contribution in [3.05, 3.63) is 74.8 Å². The average Bonchev–Trinajstić information content (AvgIpc) is 2.67. The number of amides is 1. The first-order valence-corrected chi connectivity index (χ1v) is 9.06. The first-order chi connectivity index (χ1) is 13.0. The molecule has 1 amide bonds. The first-order valence-electron chi connectivity index (χ1n) is 8.69. The Morgan fingerprint density at radius 3 is 2.96 bits per heavy atom. The van der Waals surface area contributed by atoms with Crippen LogP contribution in [-0.4, -0.2) is 33.3 Å². The lowest BCUT2D eigenvalue weighted by Crippen LogP contribution is -2.42. The van der Waals surface area contributed by atoms with Gasteiger partial charge >= 0.3 is 0 Å². The fourth-order valence-corrected chi connectivity index (χ4v) is 3.49. The summed E-state index contributed by atoms with van der Waals surface area (Å²) in [6.45, 7) is 2.56. The zero-order chi connectivity index (χ0) is 19.0. The van der Waals surface area contributed by atoms with Crippen LogP contribution in [0.5, 0.6) is 5.75 Å². The largest absolute Gasteiger partial charge is 0.483 e. The molecule has 0 atom stereocenters. The highest BCUT2D eigenvalue weighted by molar-refractivity contribution is 6.30. The molecule has 138 valence electrons. The summed E-state index contributed by atoms with van der Waals surface area (Å²) in [5.74, 6) is 0.463. The van der Waals surface area contributed by atoms with Crippen LogP contribution < -0.4 is 10.3 Å². The molecule has 3 aromatic rings. The molecular weight excluding hydrogens is 366 g/mol. The molecule has 0 bridgehead atoms. The van der Waals surface area contributed by atoms with Crippen LogP contribution in [0.4, 0.5) is 0 Å². The Labute approximate surface area is 161 Å². The van der Waals surface area contributed by atoms with Crippen molar-refractivity contribution in [3.63, 3.8) is 0 Å². The van der Waals surface area contributed by atoms with E-state index < -0.39 is 0 Å². The molecule has 0 radical (unpaired) electrons. The minimum Gasteiger partial charge on any atom is -0.483 e. The number of halogens is 1. The van der Waals surface area contributed by atoms with Crippen LogP contribution >= 0.6 is 11.6 Å². The normalized spacial score (nSPS) is 13.5. The Hall–Kier alpha value is -2.86. The van der Waals surface area contributed by atoms with E-state index in [2.05, 4.69) is 4.98 Å². The van der Waals surface area contributed by atoms with E-state index in [9.17, 15) is 9.59 Å². The van der Waals surface area contributed by atoms with Gasteiger partial charge in [0, 0.05) is 24.2 Å². The molecule has 27 heavy (non-hydrogen) atoms. The molecule has 3 heterocycles. The number of benzene rings is 1. The Morgan fingerprint density at radius 1 is 1.30 bits per heavy atom. The zero-order valence-corrected chi connectivity index (χ0v) is 15.6. The second kappa shape index (κ2) is 7.04. The number of pyridine rings is 1. The summed E-state index contributed by atoms with van der Waals surface area (Å²) in [4.78, 5) is 31.5. The molecule has 4 rings (SSSR count). The summed E-state index contributed by atoms with van der Waals surface area (Å²) in [6, 6.07) is 10.7. The molecule has 0 N–H and O–H groups in total. The second-order valence-electron chi connectivity index (χ2n) is 6.53. The SMILES string of the molecule is Cc1cc(Cl)ccc1OCC(=O)N1CCc2nc3ccccn3c(=O)c2C1.